The Hall–Kier alpha value is -2.44. The number of piperazine rings is 1. The van der Waals surface area contributed by atoms with Gasteiger partial charge in [0, 0.05) is 13.1 Å². The van der Waals surface area contributed by atoms with Crippen LogP contribution in [-0.2, 0) is 4.79 Å². The lowest BCUT2D eigenvalue weighted by molar-refractivity contribution is -0.123. The largest absolute Gasteiger partial charge is 0.477 e. The summed E-state index contributed by atoms with van der Waals surface area (Å²) in [5, 5.41) is 11.4. The summed E-state index contributed by atoms with van der Waals surface area (Å²) in [5.41, 5.74) is -0.160. The third-order valence-electron chi connectivity index (χ3n) is 2.51. The molecule has 18 heavy (non-hydrogen) atoms. The van der Waals surface area contributed by atoms with Gasteiger partial charge in [-0.3, -0.25) is 9.59 Å². The van der Waals surface area contributed by atoms with Crippen molar-refractivity contribution in [1.82, 2.24) is 15.2 Å². The van der Waals surface area contributed by atoms with E-state index in [4.69, 9.17) is 5.11 Å². The van der Waals surface area contributed by atoms with Crippen LogP contribution in [0.4, 0.5) is 0 Å². The standard InChI is InChI=1S/C11H11N3O4/c15-9-6-14(5-4-12-9)10(16)7-2-1-3-8(13-7)11(17)18/h1-3H,4-6H2,(H,12,15)(H,17,18). The third-order valence-corrected chi connectivity index (χ3v) is 2.51. The number of nitrogens with one attached hydrogen (secondary N) is 1. The molecule has 1 saturated heterocycles. The average molecular weight is 249 g/mol. The fourth-order valence-corrected chi connectivity index (χ4v) is 1.65. The predicted molar refractivity (Wildman–Crippen MR) is 60.1 cm³/mol. The molecule has 0 aliphatic carbocycles. The van der Waals surface area contributed by atoms with Gasteiger partial charge in [-0.2, -0.15) is 0 Å². The number of pyridine rings is 1. The summed E-state index contributed by atoms with van der Waals surface area (Å²) in [4.78, 5) is 39.0. The van der Waals surface area contributed by atoms with Gasteiger partial charge in [0.25, 0.3) is 5.91 Å². The van der Waals surface area contributed by atoms with Crippen molar-refractivity contribution in [2.75, 3.05) is 19.6 Å². The first-order chi connectivity index (χ1) is 8.58. The van der Waals surface area contributed by atoms with Gasteiger partial charge in [-0.15, -0.1) is 0 Å². The van der Waals surface area contributed by atoms with Crippen LogP contribution in [0.25, 0.3) is 0 Å². The molecule has 1 aliphatic rings. The molecule has 1 fully saturated rings. The van der Waals surface area contributed by atoms with Crippen LogP contribution >= 0.6 is 0 Å². The maximum absolute atomic E-state index is 12.0. The van der Waals surface area contributed by atoms with Gasteiger partial charge in [-0.05, 0) is 12.1 Å². The highest BCUT2D eigenvalue weighted by molar-refractivity contribution is 5.96. The summed E-state index contributed by atoms with van der Waals surface area (Å²) in [6, 6.07) is 4.19. The van der Waals surface area contributed by atoms with Crippen molar-refractivity contribution >= 4 is 17.8 Å². The molecule has 0 spiro atoms. The molecule has 0 saturated carbocycles. The number of aromatic nitrogens is 1. The maximum Gasteiger partial charge on any atom is 0.354 e. The van der Waals surface area contributed by atoms with Gasteiger partial charge in [0.1, 0.15) is 11.4 Å². The van der Waals surface area contributed by atoms with E-state index in [1.54, 1.807) is 0 Å². The normalized spacial score (nSPS) is 15.1. The number of hydrogen-bond acceptors (Lipinski definition) is 4. The fourth-order valence-electron chi connectivity index (χ4n) is 1.65. The highest BCUT2D eigenvalue weighted by atomic mass is 16.4. The van der Waals surface area contributed by atoms with Crippen molar-refractivity contribution < 1.29 is 19.5 Å². The summed E-state index contributed by atoms with van der Waals surface area (Å²) >= 11 is 0. The third kappa shape index (κ3) is 2.45. The van der Waals surface area contributed by atoms with Crippen LogP contribution in [0, 0.1) is 0 Å². The Labute approximate surface area is 102 Å². The lowest BCUT2D eigenvalue weighted by atomic mass is 10.2. The van der Waals surface area contributed by atoms with E-state index in [9.17, 15) is 14.4 Å². The van der Waals surface area contributed by atoms with Crippen molar-refractivity contribution in [1.29, 1.82) is 0 Å². The van der Waals surface area contributed by atoms with E-state index in [-0.39, 0.29) is 23.8 Å². The smallest absolute Gasteiger partial charge is 0.354 e. The SMILES string of the molecule is O=C1CN(C(=O)c2cccc(C(=O)O)n2)CCN1. The molecule has 0 atom stereocenters. The zero-order chi connectivity index (χ0) is 13.1. The van der Waals surface area contributed by atoms with Crippen molar-refractivity contribution in [2.24, 2.45) is 0 Å². The van der Waals surface area contributed by atoms with E-state index in [0.717, 1.165) is 0 Å². The molecule has 94 valence electrons. The van der Waals surface area contributed by atoms with Crippen LogP contribution in [0.3, 0.4) is 0 Å². The fraction of sp³-hybridized carbons (Fsp3) is 0.273. The minimum atomic E-state index is -1.19. The molecule has 0 aromatic carbocycles. The van der Waals surface area contributed by atoms with Crippen LogP contribution in [0.2, 0.25) is 0 Å². The van der Waals surface area contributed by atoms with E-state index in [1.165, 1.54) is 23.1 Å². The summed E-state index contributed by atoms with van der Waals surface area (Å²) in [7, 11) is 0. The summed E-state index contributed by atoms with van der Waals surface area (Å²) < 4.78 is 0. The minimum absolute atomic E-state index is 0.0299. The van der Waals surface area contributed by atoms with Crippen molar-refractivity contribution in [3.8, 4) is 0 Å². The Kier molecular flexibility index (Phi) is 3.22. The molecule has 0 bridgehead atoms. The van der Waals surface area contributed by atoms with E-state index >= 15 is 0 Å². The number of rotatable bonds is 2. The molecular formula is C11H11N3O4. The van der Waals surface area contributed by atoms with E-state index in [1.807, 2.05) is 0 Å². The summed E-state index contributed by atoms with van der Waals surface area (Å²) in [6.07, 6.45) is 0. The number of aromatic carboxylic acids is 1. The van der Waals surface area contributed by atoms with Gasteiger partial charge in [0.2, 0.25) is 5.91 Å². The molecule has 7 nitrogen and oxygen atoms in total. The second-order valence-corrected chi connectivity index (χ2v) is 3.79. The van der Waals surface area contributed by atoms with Crippen LogP contribution < -0.4 is 5.32 Å². The van der Waals surface area contributed by atoms with Gasteiger partial charge in [-0.1, -0.05) is 6.07 Å². The predicted octanol–water partition coefficient (Wildman–Crippen LogP) is -0.648. The maximum atomic E-state index is 12.0. The van der Waals surface area contributed by atoms with Gasteiger partial charge in [0.15, 0.2) is 0 Å². The Morgan fingerprint density at radius 1 is 1.33 bits per heavy atom. The molecule has 1 aromatic rings. The quantitative estimate of drug-likeness (QED) is 0.725. The number of carbonyl (C=O) groups excluding carboxylic acids is 2. The van der Waals surface area contributed by atoms with E-state index in [0.29, 0.717) is 13.1 Å². The average Bonchev–Trinajstić information content (AvgIpc) is 2.38. The Balaban J connectivity index is 2.20. The van der Waals surface area contributed by atoms with E-state index in [2.05, 4.69) is 10.3 Å². The lowest BCUT2D eigenvalue weighted by Gasteiger charge is -2.26. The van der Waals surface area contributed by atoms with Gasteiger partial charge >= 0.3 is 5.97 Å². The number of carboxylic acid groups (broad SMARTS) is 1. The summed E-state index contributed by atoms with van der Waals surface area (Å²) in [5.74, 6) is -1.86. The Morgan fingerprint density at radius 3 is 2.72 bits per heavy atom. The lowest BCUT2D eigenvalue weighted by Crippen LogP contribution is -2.50. The van der Waals surface area contributed by atoms with Crippen LogP contribution in [0.15, 0.2) is 18.2 Å². The highest BCUT2D eigenvalue weighted by Crippen LogP contribution is 2.05. The number of nitrogens with zero attached hydrogens (tertiary/aromatic N) is 2. The Bertz CT molecular complexity index is 515. The molecule has 2 amide bonds. The number of carbonyl (C=O) groups is 3. The molecule has 1 aromatic heterocycles. The summed E-state index contributed by atoms with van der Waals surface area (Å²) in [6.45, 7) is 0.755. The number of amides is 2. The van der Waals surface area contributed by atoms with Crippen LogP contribution in [0.5, 0.6) is 0 Å². The molecule has 7 heteroatoms. The minimum Gasteiger partial charge on any atom is -0.477 e. The topological polar surface area (TPSA) is 99.6 Å². The van der Waals surface area contributed by atoms with Crippen molar-refractivity contribution in [3.05, 3.63) is 29.6 Å². The van der Waals surface area contributed by atoms with E-state index < -0.39 is 11.9 Å². The van der Waals surface area contributed by atoms with Crippen molar-refractivity contribution in [2.45, 2.75) is 0 Å². The molecule has 1 aliphatic heterocycles. The highest BCUT2D eigenvalue weighted by Gasteiger charge is 2.23. The monoisotopic (exact) mass is 249 g/mol. The zero-order valence-electron chi connectivity index (χ0n) is 9.42. The van der Waals surface area contributed by atoms with Crippen LogP contribution in [0.1, 0.15) is 21.0 Å². The zero-order valence-corrected chi connectivity index (χ0v) is 9.42. The van der Waals surface area contributed by atoms with Gasteiger partial charge in [-0.25, -0.2) is 9.78 Å². The van der Waals surface area contributed by atoms with Gasteiger partial charge in [0.05, 0.1) is 6.54 Å². The molecule has 0 radical (unpaired) electrons. The Morgan fingerprint density at radius 2 is 2.06 bits per heavy atom. The molecule has 2 heterocycles. The first-order valence-corrected chi connectivity index (χ1v) is 5.34. The first kappa shape index (κ1) is 12.0. The van der Waals surface area contributed by atoms with Crippen molar-refractivity contribution in [3.63, 3.8) is 0 Å². The molecule has 0 unspecified atom stereocenters. The number of carboxylic acids is 1. The first-order valence-electron chi connectivity index (χ1n) is 5.34. The molecule has 2 N–H and O–H groups in total. The number of hydrogen-bond donors (Lipinski definition) is 2. The molecule has 2 rings (SSSR count). The second-order valence-electron chi connectivity index (χ2n) is 3.79. The second kappa shape index (κ2) is 4.82. The molecular weight excluding hydrogens is 238 g/mol. The van der Waals surface area contributed by atoms with Crippen LogP contribution in [-0.4, -0.2) is 52.4 Å². The van der Waals surface area contributed by atoms with Gasteiger partial charge < -0.3 is 15.3 Å².